The number of likely N-dealkylation sites (N-methyl/N-ethyl adjacent to an activating group) is 1. The van der Waals surface area contributed by atoms with Gasteiger partial charge in [-0.25, -0.2) is 0 Å². The second-order valence-electron chi connectivity index (χ2n) is 4.76. The maximum atomic E-state index is 6.03. The Kier molecular flexibility index (Phi) is 7.15. The standard InChI is InChI=1S/C16H27NO4/c1-7-13(17-8-2)11(3)21-12-9-14(18-4)16(20-6)15(10-12)19-5/h9-11,13,17H,7-8H2,1-6H3. The van der Waals surface area contributed by atoms with Crippen LogP contribution in [0, 0.1) is 0 Å². The Hall–Kier alpha value is -1.62. The molecule has 0 heterocycles. The van der Waals surface area contributed by atoms with Gasteiger partial charge in [0.15, 0.2) is 11.5 Å². The van der Waals surface area contributed by atoms with Crippen LogP contribution in [0.15, 0.2) is 12.1 Å². The van der Waals surface area contributed by atoms with E-state index in [1.165, 1.54) is 0 Å². The highest BCUT2D eigenvalue weighted by Crippen LogP contribution is 2.41. The quantitative estimate of drug-likeness (QED) is 0.759. The van der Waals surface area contributed by atoms with E-state index in [9.17, 15) is 0 Å². The molecule has 2 atom stereocenters. The SMILES string of the molecule is CCNC(CC)C(C)Oc1cc(OC)c(OC)c(OC)c1. The van der Waals surface area contributed by atoms with Crippen LogP contribution in [0.1, 0.15) is 27.2 Å². The van der Waals surface area contributed by atoms with E-state index >= 15 is 0 Å². The molecule has 2 unspecified atom stereocenters. The fourth-order valence-corrected chi connectivity index (χ4v) is 2.33. The molecule has 5 nitrogen and oxygen atoms in total. The minimum absolute atomic E-state index is 0.0396. The molecule has 0 aliphatic carbocycles. The van der Waals surface area contributed by atoms with Crippen LogP contribution in [0.25, 0.3) is 0 Å². The van der Waals surface area contributed by atoms with Gasteiger partial charge in [-0.15, -0.1) is 0 Å². The predicted octanol–water partition coefficient (Wildman–Crippen LogP) is 2.87. The van der Waals surface area contributed by atoms with E-state index in [2.05, 4.69) is 26.1 Å². The molecule has 21 heavy (non-hydrogen) atoms. The first-order valence-corrected chi connectivity index (χ1v) is 7.31. The highest BCUT2D eigenvalue weighted by molar-refractivity contribution is 5.55. The van der Waals surface area contributed by atoms with E-state index in [-0.39, 0.29) is 6.10 Å². The summed E-state index contributed by atoms with van der Waals surface area (Å²) in [5.74, 6) is 2.46. The van der Waals surface area contributed by atoms with Crippen LogP contribution in [0.3, 0.4) is 0 Å². The van der Waals surface area contributed by atoms with E-state index in [0.717, 1.165) is 13.0 Å². The van der Waals surface area contributed by atoms with Crippen LogP contribution in [-0.4, -0.2) is 40.0 Å². The fraction of sp³-hybridized carbons (Fsp3) is 0.625. The molecule has 0 aliphatic heterocycles. The van der Waals surface area contributed by atoms with Crippen LogP contribution >= 0.6 is 0 Å². The summed E-state index contributed by atoms with van der Waals surface area (Å²) in [6.45, 7) is 7.21. The Bertz CT molecular complexity index is 411. The zero-order valence-corrected chi connectivity index (χ0v) is 13.9. The molecule has 0 radical (unpaired) electrons. The van der Waals surface area contributed by atoms with Crippen molar-refractivity contribution in [3.63, 3.8) is 0 Å². The first-order valence-electron chi connectivity index (χ1n) is 7.31. The highest BCUT2D eigenvalue weighted by Gasteiger charge is 2.19. The van der Waals surface area contributed by atoms with Crippen molar-refractivity contribution < 1.29 is 18.9 Å². The van der Waals surface area contributed by atoms with E-state index in [1.807, 2.05) is 12.1 Å². The van der Waals surface area contributed by atoms with Crippen molar-refractivity contribution in [2.24, 2.45) is 0 Å². The summed E-state index contributed by atoms with van der Waals surface area (Å²) in [5.41, 5.74) is 0. The van der Waals surface area contributed by atoms with E-state index in [0.29, 0.717) is 29.0 Å². The average Bonchev–Trinajstić information content (AvgIpc) is 2.51. The normalized spacial score (nSPS) is 13.4. The minimum Gasteiger partial charge on any atom is -0.493 e. The maximum Gasteiger partial charge on any atom is 0.203 e. The van der Waals surface area contributed by atoms with Crippen molar-refractivity contribution >= 4 is 0 Å². The number of ether oxygens (including phenoxy) is 4. The molecular formula is C16H27NO4. The third-order valence-corrected chi connectivity index (χ3v) is 3.43. The molecule has 0 aromatic heterocycles. The molecule has 0 saturated carbocycles. The predicted molar refractivity (Wildman–Crippen MR) is 83.9 cm³/mol. The zero-order valence-electron chi connectivity index (χ0n) is 13.9. The average molecular weight is 297 g/mol. The Morgan fingerprint density at radius 3 is 1.95 bits per heavy atom. The van der Waals surface area contributed by atoms with Crippen LogP contribution in [0.5, 0.6) is 23.0 Å². The summed E-state index contributed by atoms with van der Waals surface area (Å²) in [6, 6.07) is 3.93. The van der Waals surface area contributed by atoms with Gasteiger partial charge in [0.2, 0.25) is 5.75 Å². The second-order valence-corrected chi connectivity index (χ2v) is 4.76. The molecule has 120 valence electrons. The summed E-state index contributed by atoms with van der Waals surface area (Å²) >= 11 is 0. The van der Waals surface area contributed by atoms with Gasteiger partial charge in [0.25, 0.3) is 0 Å². The molecule has 1 aromatic rings. The van der Waals surface area contributed by atoms with Gasteiger partial charge < -0.3 is 24.3 Å². The van der Waals surface area contributed by atoms with Gasteiger partial charge in [-0.05, 0) is 19.9 Å². The summed E-state index contributed by atoms with van der Waals surface area (Å²) in [5, 5.41) is 3.42. The molecule has 0 aliphatic rings. The van der Waals surface area contributed by atoms with Gasteiger partial charge in [-0.3, -0.25) is 0 Å². The van der Waals surface area contributed by atoms with Gasteiger partial charge >= 0.3 is 0 Å². The lowest BCUT2D eigenvalue weighted by atomic mass is 10.1. The molecule has 0 amide bonds. The lowest BCUT2D eigenvalue weighted by molar-refractivity contribution is 0.167. The number of rotatable bonds is 9. The lowest BCUT2D eigenvalue weighted by Crippen LogP contribution is -2.40. The summed E-state index contributed by atoms with van der Waals surface area (Å²) in [4.78, 5) is 0. The summed E-state index contributed by atoms with van der Waals surface area (Å²) in [6.07, 6.45) is 1.04. The van der Waals surface area contributed by atoms with E-state index < -0.39 is 0 Å². The van der Waals surface area contributed by atoms with Crippen LogP contribution in [0.4, 0.5) is 0 Å². The van der Waals surface area contributed by atoms with E-state index in [4.69, 9.17) is 18.9 Å². The van der Waals surface area contributed by atoms with Crippen molar-refractivity contribution in [2.75, 3.05) is 27.9 Å². The van der Waals surface area contributed by atoms with Gasteiger partial charge in [0, 0.05) is 18.2 Å². The maximum absolute atomic E-state index is 6.03. The zero-order chi connectivity index (χ0) is 15.8. The van der Waals surface area contributed by atoms with Crippen LogP contribution in [0.2, 0.25) is 0 Å². The lowest BCUT2D eigenvalue weighted by Gasteiger charge is -2.25. The van der Waals surface area contributed by atoms with Crippen molar-refractivity contribution in [2.45, 2.75) is 39.3 Å². The van der Waals surface area contributed by atoms with Crippen molar-refractivity contribution in [3.05, 3.63) is 12.1 Å². The summed E-state index contributed by atoms with van der Waals surface area (Å²) < 4.78 is 22.0. The minimum atomic E-state index is 0.0396. The Morgan fingerprint density at radius 1 is 1.00 bits per heavy atom. The molecule has 5 heteroatoms. The number of nitrogens with one attached hydrogen (secondary N) is 1. The van der Waals surface area contributed by atoms with Gasteiger partial charge in [0.1, 0.15) is 11.9 Å². The number of benzene rings is 1. The largest absolute Gasteiger partial charge is 0.493 e. The third-order valence-electron chi connectivity index (χ3n) is 3.43. The first-order chi connectivity index (χ1) is 10.1. The molecule has 1 rings (SSSR count). The Morgan fingerprint density at radius 2 is 1.57 bits per heavy atom. The smallest absolute Gasteiger partial charge is 0.203 e. The molecule has 1 N–H and O–H groups in total. The highest BCUT2D eigenvalue weighted by atomic mass is 16.5. The molecule has 0 spiro atoms. The molecule has 0 fully saturated rings. The van der Waals surface area contributed by atoms with Crippen molar-refractivity contribution in [1.82, 2.24) is 5.32 Å². The third kappa shape index (κ3) is 4.43. The Balaban J connectivity index is 2.97. The van der Waals surface area contributed by atoms with Crippen LogP contribution < -0.4 is 24.3 Å². The topological polar surface area (TPSA) is 49.0 Å². The molecule has 0 bridgehead atoms. The van der Waals surface area contributed by atoms with Gasteiger partial charge in [-0.2, -0.15) is 0 Å². The first kappa shape index (κ1) is 17.4. The second kappa shape index (κ2) is 8.62. The number of hydrogen-bond acceptors (Lipinski definition) is 5. The monoisotopic (exact) mass is 297 g/mol. The summed E-state index contributed by atoms with van der Waals surface area (Å²) in [7, 11) is 4.78. The number of hydrogen-bond donors (Lipinski definition) is 1. The number of methoxy groups -OCH3 is 3. The molecule has 0 saturated heterocycles. The Labute approximate surface area is 127 Å². The fourth-order valence-electron chi connectivity index (χ4n) is 2.33. The van der Waals surface area contributed by atoms with Crippen molar-refractivity contribution in [1.29, 1.82) is 0 Å². The van der Waals surface area contributed by atoms with Crippen LogP contribution in [-0.2, 0) is 0 Å². The van der Waals surface area contributed by atoms with Gasteiger partial charge in [0.05, 0.1) is 21.3 Å². The molecular weight excluding hydrogens is 270 g/mol. The van der Waals surface area contributed by atoms with Crippen molar-refractivity contribution in [3.8, 4) is 23.0 Å². The van der Waals surface area contributed by atoms with E-state index in [1.54, 1.807) is 21.3 Å². The molecule has 1 aromatic carbocycles. The van der Waals surface area contributed by atoms with Gasteiger partial charge in [-0.1, -0.05) is 13.8 Å².